The predicted molar refractivity (Wildman–Crippen MR) is 96.1 cm³/mol. The molecule has 3 aromatic carbocycles. The van der Waals surface area contributed by atoms with Gasteiger partial charge in [-0.1, -0.05) is 24.3 Å². The summed E-state index contributed by atoms with van der Waals surface area (Å²) < 4.78 is 43.0. The van der Waals surface area contributed by atoms with Crippen LogP contribution in [0.1, 0.15) is 22.3 Å². The highest BCUT2D eigenvalue weighted by atomic mass is 19.1. The van der Waals surface area contributed by atoms with Gasteiger partial charge >= 0.3 is 0 Å². The first-order valence-electron chi connectivity index (χ1n) is 8.11. The molecule has 0 nitrogen and oxygen atoms in total. The average molecular weight is 340 g/mol. The summed E-state index contributed by atoms with van der Waals surface area (Å²) in [6, 6.07) is 10.7. The Morgan fingerprint density at radius 2 is 1.16 bits per heavy atom. The Labute approximate surface area is 146 Å². The van der Waals surface area contributed by atoms with Gasteiger partial charge in [-0.15, -0.1) is 0 Å². The van der Waals surface area contributed by atoms with Crippen LogP contribution in [0.25, 0.3) is 22.3 Å². The third-order valence-corrected chi connectivity index (χ3v) is 4.68. The summed E-state index contributed by atoms with van der Waals surface area (Å²) in [4.78, 5) is 0. The van der Waals surface area contributed by atoms with Gasteiger partial charge in [0.05, 0.1) is 5.56 Å². The molecule has 0 fully saturated rings. The molecule has 3 heteroatoms. The predicted octanol–water partition coefficient (Wildman–Crippen LogP) is 6.67. The second-order valence-corrected chi connectivity index (χ2v) is 6.53. The highest BCUT2D eigenvalue weighted by Gasteiger charge is 2.15. The molecule has 0 bridgehead atoms. The van der Waals surface area contributed by atoms with Gasteiger partial charge in [-0.3, -0.25) is 0 Å². The maximum absolute atomic E-state index is 14.7. The molecule has 0 N–H and O–H groups in total. The van der Waals surface area contributed by atoms with Crippen molar-refractivity contribution in [1.82, 2.24) is 0 Å². The number of hydrogen-bond acceptors (Lipinski definition) is 0. The maximum atomic E-state index is 14.7. The Morgan fingerprint density at radius 3 is 1.68 bits per heavy atom. The largest absolute Gasteiger partial charge is 0.206 e. The van der Waals surface area contributed by atoms with Crippen molar-refractivity contribution in [3.8, 4) is 22.3 Å². The number of benzene rings is 3. The lowest BCUT2D eigenvalue weighted by Crippen LogP contribution is -1.95. The van der Waals surface area contributed by atoms with Crippen molar-refractivity contribution in [2.24, 2.45) is 0 Å². The highest BCUT2D eigenvalue weighted by molar-refractivity contribution is 5.73. The van der Waals surface area contributed by atoms with Gasteiger partial charge in [0.2, 0.25) is 0 Å². The van der Waals surface area contributed by atoms with Crippen molar-refractivity contribution < 1.29 is 13.2 Å². The second-order valence-electron chi connectivity index (χ2n) is 6.53. The molecule has 0 aliphatic rings. The van der Waals surface area contributed by atoms with Gasteiger partial charge in [-0.25, -0.2) is 13.2 Å². The van der Waals surface area contributed by atoms with Crippen LogP contribution in [0.15, 0.2) is 42.5 Å². The number of aryl methyl sites for hydroxylation is 3. The van der Waals surface area contributed by atoms with Gasteiger partial charge in [0.1, 0.15) is 17.5 Å². The van der Waals surface area contributed by atoms with E-state index in [1.807, 2.05) is 32.9 Å². The van der Waals surface area contributed by atoms with E-state index in [9.17, 15) is 13.2 Å². The van der Waals surface area contributed by atoms with Gasteiger partial charge in [0, 0.05) is 5.56 Å². The summed E-state index contributed by atoms with van der Waals surface area (Å²) in [5.74, 6) is -1.88. The molecule has 0 saturated heterocycles. The van der Waals surface area contributed by atoms with Gasteiger partial charge in [0.15, 0.2) is 0 Å². The van der Waals surface area contributed by atoms with Gasteiger partial charge in [-0.2, -0.15) is 0 Å². The fourth-order valence-electron chi connectivity index (χ4n) is 3.07. The molecule has 25 heavy (non-hydrogen) atoms. The van der Waals surface area contributed by atoms with E-state index in [1.165, 1.54) is 23.8 Å². The molecular formula is C22H19F3. The van der Waals surface area contributed by atoms with E-state index in [1.54, 1.807) is 19.1 Å². The highest BCUT2D eigenvalue weighted by Crippen LogP contribution is 2.32. The maximum Gasteiger partial charge on any atom is 0.134 e. The molecule has 0 unspecified atom stereocenters. The average Bonchev–Trinajstić information content (AvgIpc) is 2.51. The smallest absolute Gasteiger partial charge is 0.134 e. The molecule has 0 amide bonds. The van der Waals surface area contributed by atoms with Crippen LogP contribution >= 0.6 is 0 Å². The summed E-state index contributed by atoms with van der Waals surface area (Å²) in [6.07, 6.45) is 0. The molecule has 0 radical (unpaired) electrons. The van der Waals surface area contributed by atoms with Crippen LogP contribution in [-0.4, -0.2) is 0 Å². The lowest BCUT2D eigenvalue weighted by atomic mass is 9.94. The quantitative estimate of drug-likeness (QED) is 0.488. The van der Waals surface area contributed by atoms with Crippen molar-refractivity contribution >= 4 is 0 Å². The molecule has 0 aromatic heterocycles. The van der Waals surface area contributed by atoms with E-state index in [-0.39, 0.29) is 11.1 Å². The summed E-state index contributed by atoms with van der Waals surface area (Å²) in [5.41, 5.74) is 4.98. The Balaban J connectivity index is 2.12. The first-order chi connectivity index (χ1) is 11.8. The molecular weight excluding hydrogens is 321 g/mol. The molecule has 0 heterocycles. The Hall–Kier alpha value is -2.55. The fraction of sp³-hybridized carbons (Fsp3) is 0.182. The molecule has 3 rings (SSSR count). The number of hydrogen-bond donors (Lipinski definition) is 0. The summed E-state index contributed by atoms with van der Waals surface area (Å²) >= 11 is 0. The summed E-state index contributed by atoms with van der Waals surface area (Å²) in [7, 11) is 0. The van der Waals surface area contributed by atoms with Crippen molar-refractivity contribution in [1.29, 1.82) is 0 Å². The number of halogens is 3. The van der Waals surface area contributed by atoms with Crippen LogP contribution in [0.3, 0.4) is 0 Å². The van der Waals surface area contributed by atoms with Gasteiger partial charge in [0.25, 0.3) is 0 Å². The van der Waals surface area contributed by atoms with Crippen molar-refractivity contribution in [2.75, 3.05) is 0 Å². The molecule has 128 valence electrons. The topological polar surface area (TPSA) is 0 Å². The zero-order chi connectivity index (χ0) is 18.3. The molecule has 0 atom stereocenters. The molecule has 0 aliphatic heterocycles. The third-order valence-electron chi connectivity index (χ3n) is 4.68. The summed E-state index contributed by atoms with van der Waals surface area (Å²) in [6.45, 7) is 7.60. The molecule has 0 spiro atoms. The Kier molecular flexibility index (Phi) is 4.42. The second kappa shape index (κ2) is 6.40. The molecule has 0 saturated carbocycles. The van der Waals surface area contributed by atoms with Gasteiger partial charge < -0.3 is 0 Å². The lowest BCUT2D eigenvalue weighted by molar-refractivity contribution is 0.587. The summed E-state index contributed by atoms with van der Waals surface area (Å²) in [5, 5.41) is 0. The normalized spacial score (nSPS) is 11.0. The minimum absolute atomic E-state index is 0.191. The van der Waals surface area contributed by atoms with E-state index in [0.717, 1.165) is 16.7 Å². The number of rotatable bonds is 2. The van der Waals surface area contributed by atoms with Gasteiger partial charge in [-0.05, 0) is 79.3 Å². The van der Waals surface area contributed by atoms with E-state index in [4.69, 9.17) is 0 Å². The first-order valence-corrected chi connectivity index (χ1v) is 8.11. The van der Waals surface area contributed by atoms with Crippen molar-refractivity contribution in [2.45, 2.75) is 27.7 Å². The molecule has 0 aliphatic carbocycles. The standard InChI is InChI=1S/C22H19F3/c1-12-7-20(24)22(21(25)8-12)16-5-6-18(19(23)11-16)17-9-13(2)15(4)14(3)10-17/h5-11H,1-4H3. The lowest BCUT2D eigenvalue weighted by Gasteiger charge is -2.12. The van der Waals surface area contributed by atoms with E-state index < -0.39 is 17.5 Å². The van der Waals surface area contributed by atoms with Crippen LogP contribution in [-0.2, 0) is 0 Å². The van der Waals surface area contributed by atoms with Crippen molar-refractivity contribution in [3.63, 3.8) is 0 Å². The van der Waals surface area contributed by atoms with Crippen LogP contribution in [0, 0.1) is 45.1 Å². The Bertz CT molecular complexity index is 925. The van der Waals surface area contributed by atoms with Crippen LogP contribution in [0.5, 0.6) is 0 Å². The fourth-order valence-corrected chi connectivity index (χ4v) is 3.07. The molecule has 3 aromatic rings. The van der Waals surface area contributed by atoms with E-state index >= 15 is 0 Å². The van der Waals surface area contributed by atoms with Crippen molar-refractivity contribution in [3.05, 3.63) is 82.2 Å². The Morgan fingerprint density at radius 1 is 0.600 bits per heavy atom. The SMILES string of the molecule is Cc1cc(F)c(-c2ccc(-c3cc(C)c(C)c(C)c3)c(F)c2)c(F)c1. The van der Waals surface area contributed by atoms with Crippen LogP contribution < -0.4 is 0 Å². The van der Waals surface area contributed by atoms with E-state index in [2.05, 4.69) is 0 Å². The zero-order valence-electron chi connectivity index (χ0n) is 14.7. The zero-order valence-corrected chi connectivity index (χ0v) is 14.7. The van der Waals surface area contributed by atoms with E-state index in [0.29, 0.717) is 11.1 Å². The minimum Gasteiger partial charge on any atom is -0.206 e. The minimum atomic E-state index is -0.688. The van der Waals surface area contributed by atoms with Crippen LogP contribution in [0.2, 0.25) is 0 Å². The van der Waals surface area contributed by atoms with Crippen LogP contribution in [0.4, 0.5) is 13.2 Å². The first kappa shape index (κ1) is 17.3. The monoisotopic (exact) mass is 340 g/mol. The third kappa shape index (κ3) is 3.19.